The minimum absolute atomic E-state index is 0.0516. The molecule has 1 saturated carbocycles. The molecule has 2 aliphatic heterocycles. The minimum atomic E-state index is 0.0516. The smallest absolute Gasteiger partial charge is 0.227 e. The van der Waals surface area contributed by atoms with Crippen molar-refractivity contribution in [2.45, 2.75) is 70.3 Å². The van der Waals surface area contributed by atoms with E-state index < -0.39 is 0 Å². The zero-order chi connectivity index (χ0) is 22.8. The molecule has 1 aliphatic carbocycles. The molecular formula is C29H38N2O2. The van der Waals surface area contributed by atoms with Gasteiger partial charge >= 0.3 is 0 Å². The third-order valence-electron chi connectivity index (χ3n) is 8.37. The van der Waals surface area contributed by atoms with Gasteiger partial charge in [0.2, 0.25) is 5.91 Å². The summed E-state index contributed by atoms with van der Waals surface area (Å²) in [6.45, 7) is 6.13. The molecule has 1 amide bonds. The van der Waals surface area contributed by atoms with E-state index in [2.05, 4.69) is 53.1 Å². The second-order valence-corrected chi connectivity index (χ2v) is 10.6. The Morgan fingerprint density at radius 3 is 2.61 bits per heavy atom. The van der Waals surface area contributed by atoms with Gasteiger partial charge in [0, 0.05) is 30.6 Å². The van der Waals surface area contributed by atoms with E-state index in [0.717, 1.165) is 62.8 Å². The maximum absolute atomic E-state index is 13.4. The van der Waals surface area contributed by atoms with Gasteiger partial charge in [-0.2, -0.15) is 0 Å². The molecule has 176 valence electrons. The Kier molecular flexibility index (Phi) is 6.47. The Bertz CT molecular complexity index is 987. The van der Waals surface area contributed by atoms with Gasteiger partial charge in [0.15, 0.2) is 0 Å². The first-order valence-electron chi connectivity index (χ1n) is 12.8. The number of nitrogens with zero attached hydrogens (tertiary/aromatic N) is 2. The molecule has 2 fully saturated rings. The minimum Gasteiger partial charge on any atom is -0.497 e. The number of rotatable bonds is 6. The van der Waals surface area contributed by atoms with Crippen LogP contribution in [0.1, 0.15) is 68.1 Å². The third-order valence-corrected chi connectivity index (χ3v) is 8.37. The molecule has 33 heavy (non-hydrogen) atoms. The molecule has 1 spiro atoms. The highest BCUT2D eigenvalue weighted by atomic mass is 16.5. The Balaban J connectivity index is 1.31. The summed E-state index contributed by atoms with van der Waals surface area (Å²) in [6.07, 6.45) is 9.21. The number of amides is 1. The first-order chi connectivity index (χ1) is 16.1. The molecule has 2 heterocycles. The van der Waals surface area contributed by atoms with E-state index in [1.807, 2.05) is 6.07 Å². The van der Waals surface area contributed by atoms with Gasteiger partial charge in [-0.15, -0.1) is 0 Å². The molecular weight excluding hydrogens is 408 g/mol. The number of hydrogen-bond acceptors (Lipinski definition) is 3. The molecule has 0 bridgehead atoms. The number of ether oxygens (including phenoxy) is 1. The second kappa shape index (κ2) is 9.50. The third kappa shape index (κ3) is 4.68. The number of benzene rings is 2. The molecule has 0 atom stereocenters. The number of fused-ring (bicyclic) bond motifs is 2. The molecule has 0 aromatic heterocycles. The summed E-state index contributed by atoms with van der Waals surface area (Å²) in [7, 11) is 1.73. The van der Waals surface area contributed by atoms with Crippen LogP contribution in [0.4, 0.5) is 5.69 Å². The van der Waals surface area contributed by atoms with E-state index in [4.69, 9.17) is 4.74 Å². The average molecular weight is 447 g/mol. The van der Waals surface area contributed by atoms with Crippen molar-refractivity contribution < 1.29 is 9.53 Å². The topological polar surface area (TPSA) is 32.8 Å². The van der Waals surface area contributed by atoms with Crippen molar-refractivity contribution in [3.63, 3.8) is 0 Å². The summed E-state index contributed by atoms with van der Waals surface area (Å²) in [4.78, 5) is 18.1. The summed E-state index contributed by atoms with van der Waals surface area (Å²) < 4.78 is 5.58. The van der Waals surface area contributed by atoms with Crippen LogP contribution >= 0.6 is 0 Å². The predicted octanol–water partition coefficient (Wildman–Crippen LogP) is 5.85. The standard InChI is InChI=1S/C29H38N2O2/c1-22-6-5-9-24(18-22)20-30-16-14-29(15-17-30)21-31(27-12-11-25(33-2)19-26(27)29)28(32)13-10-23-7-3-4-8-23/h5-6,9,11-12,18-19,23H,3-4,7-8,10,13-17,20-21H2,1-2H3. The molecule has 4 heteroatoms. The van der Waals surface area contributed by atoms with Gasteiger partial charge in [0.25, 0.3) is 0 Å². The van der Waals surface area contributed by atoms with Crippen molar-refractivity contribution in [1.82, 2.24) is 4.90 Å². The van der Waals surface area contributed by atoms with E-state index in [0.29, 0.717) is 12.3 Å². The highest BCUT2D eigenvalue weighted by Crippen LogP contribution is 2.48. The number of anilines is 1. The van der Waals surface area contributed by atoms with Crippen molar-refractivity contribution in [3.05, 3.63) is 59.2 Å². The molecule has 0 radical (unpaired) electrons. The molecule has 2 aromatic rings. The fourth-order valence-corrected chi connectivity index (χ4v) is 6.39. The van der Waals surface area contributed by atoms with Gasteiger partial charge in [-0.25, -0.2) is 0 Å². The van der Waals surface area contributed by atoms with E-state index in [-0.39, 0.29) is 5.41 Å². The van der Waals surface area contributed by atoms with E-state index in [1.165, 1.54) is 42.4 Å². The SMILES string of the molecule is COc1ccc2c(c1)C1(CCN(Cc3cccc(C)c3)CC1)CN2C(=O)CCC1CCCC1. The highest BCUT2D eigenvalue weighted by Gasteiger charge is 2.46. The van der Waals surface area contributed by atoms with Gasteiger partial charge in [-0.1, -0.05) is 55.5 Å². The van der Waals surface area contributed by atoms with E-state index in [1.54, 1.807) is 7.11 Å². The second-order valence-electron chi connectivity index (χ2n) is 10.6. The summed E-state index contributed by atoms with van der Waals surface area (Å²) >= 11 is 0. The molecule has 5 rings (SSSR count). The lowest BCUT2D eigenvalue weighted by Gasteiger charge is -2.40. The Morgan fingerprint density at radius 2 is 1.88 bits per heavy atom. The van der Waals surface area contributed by atoms with Crippen molar-refractivity contribution in [1.29, 1.82) is 0 Å². The fraction of sp³-hybridized carbons (Fsp3) is 0.552. The number of carbonyl (C=O) groups is 1. The molecule has 1 saturated heterocycles. The Hall–Kier alpha value is -2.33. The summed E-state index contributed by atoms with van der Waals surface area (Å²) in [5.74, 6) is 1.97. The zero-order valence-electron chi connectivity index (χ0n) is 20.3. The molecule has 2 aromatic carbocycles. The first-order valence-corrected chi connectivity index (χ1v) is 12.8. The maximum atomic E-state index is 13.4. The molecule has 0 N–H and O–H groups in total. The monoisotopic (exact) mass is 446 g/mol. The normalized spacial score (nSPS) is 20.4. The molecule has 0 unspecified atom stereocenters. The van der Waals surface area contributed by atoms with Crippen molar-refractivity contribution in [3.8, 4) is 5.75 Å². The van der Waals surface area contributed by atoms with Crippen molar-refractivity contribution in [2.75, 3.05) is 31.6 Å². The van der Waals surface area contributed by atoms with Crippen LogP contribution in [0.5, 0.6) is 5.75 Å². The lowest BCUT2D eigenvalue weighted by Crippen LogP contribution is -2.45. The first kappa shape index (κ1) is 22.5. The summed E-state index contributed by atoms with van der Waals surface area (Å²) in [6, 6.07) is 15.2. The Morgan fingerprint density at radius 1 is 1.09 bits per heavy atom. The lowest BCUT2D eigenvalue weighted by atomic mass is 9.74. The van der Waals surface area contributed by atoms with Crippen LogP contribution in [0.15, 0.2) is 42.5 Å². The number of carbonyl (C=O) groups excluding carboxylic acids is 1. The van der Waals surface area contributed by atoms with Crippen LogP contribution in [0, 0.1) is 12.8 Å². The maximum Gasteiger partial charge on any atom is 0.227 e. The van der Waals surface area contributed by atoms with Crippen LogP contribution in [0.25, 0.3) is 0 Å². The van der Waals surface area contributed by atoms with Gasteiger partial charge < -0.3 is 9.64 Å². The summed E-state index contributed by atoms with van der Waals surface area (Å²) in [5, 5.41) is 0. The molecule has 3 aliphatic rings. The van der Waals surface area contributed by atoms with Crippen LogP contribution in [-0.4, -0.2) is 37.6 Å². The molecule has 4 nitrogen and oxygen atoms in total. The van der Waals surface area contributed by atoms with Gasteiger partial charge in [-0.05, 0) is 74.5 Å². The van der Waals surface area contributed by atoms with Crippen molar-refractivity contribution in [2.24, 2.45) is 5.92 Å². The number of aryl methyl sites for hydroxylation is 1. The summed E-state index contributed by atoms with van der Waals surface area (Å²) in [5.41, 5.74) is 5.22. The average Bonchev–Trinajstić information content (AvgIpc) is 3.46. The van der Waals surface area contributed by atoms with Crippen LogP contribution in [-0.2, 0) is 16.8 Å². The van der Waals surface area contributed by atoms with Gasteiger partial charge in [0.05, 0.1) is 7.11 Å². The van der Waals surface area contributed by atoms with Gasteiger partial charge in [0.1, 0.15) is 5.75 Å². The number of methoxy groups -OCH3 is 1. The van der Waals surface area contributed by atoms with Crippen LogP contribution in [0.2, 0.25) is 0 Å². The van der Waals surface area contributed by atoms with Crippen molar-refractivity contribution >= 4 is 11.6 Å². The highest BCUT2D eigenvalue weighted by molar-refractivity contribution is 5.96. The predicted molar refractivity (Wildman–Crippen MR) is 134 cm³/mol. The van der Waals surface area contributed by atoms with E-state index in [9.17, 15) is 4.79 Å². The van der Waals surface area contributed by atoms with E-state index >= 15 is 0 Å². The Labute approximate surface area is 198 Å². The number of hydrogen-bond donors (Lipinski definition) is 0. The van der Waals surface area contributed by atoms with Gasteiger partial charge in [-0.3, -0.25) is 9.69 Å². The number of piperidine rings is 1. The quantitative estimate of drug-likeness (QED) is 0.558. The lowest BCUT2D eigenvalue weighted by molar-refractivity contribution is -0.119. The van der Waals surface area contributed by atoms with Crippen LogP contribution < -0.4 is 9.64 Å². The van der Waals surface area contributed by atoms with Crippen LogP contribution in [0.3, 0.4) is 0 Å². The number of likely N-dealkylation sites (tertiary alicyclic amines) is 1. The fourth-order valence-electron chi connectivity index (χ4n) is 6.39. The largest absolute Gasteiger partial charge is 0.497 e. The zero-order valence-corrected chi connectivity index (χ0v) is 20.3.